The number of rotatable bonds is 3. The van der Waals surface area contributed by atoms with Gasteiger partial charge < -0.3 is 4.90 Å². The summed E-state index contributed by atoms with van der Waals surface area (Å²) in [6.07, 6.45) is -1.87. The Hall–Kier alpha value is -3.49. The second-order valence-corrected chi connectivity index (χ2v) is 8.77. The van der Waals surface area contributed by atoms with E-state index < -0.39 is 29.5 Å². The van der Waals surface area contributed by atoms with Crippen molar-refractivity contribution in [2.24, 2.45) is 0 Å². The van der Waals surface area contributed by atoms with E-state index in [1.807, 2.05) is 0 Å². The average Bonchev–Trinajstić information content (AvgIpc) is 3.29. The lowest BCUT2D eigenvalue weighted by Crippen LogP contribution is -2.51. The fourth-order valence-corrected chi connectivity index (χ4v) is 5.24. The van der Waals surface area contributed by atoms with Crippen LogP contribution in [0.25, 0.3) is 0 Å². The molecule has 0 saturated carbocycles. The van der Waals surface area contributed by atoms with Crippen LogP contribution in [0.2, 0.25) is 0 Å². The highest BCUT2D eigenvalue weighted by molar-refractivity contribution is 5.95. The third-order valence-electron chi connectivity index (χ3n) is 6.86. The summed E-state index contributed by atoms with van der Waals surface area (Å²) < 4.78 is 54.9. The second kappa shape index (κ2) is 8.07. The third kappa shape index (κ3) is 3.59. The quantitative estimate of drug-likeness (QED) is 0.521. The molecule has 2 aromatic carbocycles. The zero-order chi connectivity index (χ0) is 24.2. The number of amides is 1. The first-order chi connectivity index (χ1) is 16.2. The minimum atomic E-state index is -4.48. The van der Waals surface area contributed by atoms with Gasteiger partial charge in [-0.1, -0.05) is 24.3 Å². The highest BCUT2D eigenvalue weighted by atomic mass is 19.4. The Labute approximate surface area is 192 Å². The predicted molar refractivity (Wildman–Crippen MR) is 116 cm³/mol. The molecule has 0 N–H and O–H groups in total. The van der Waals surface area contributed by atoms with Crippen molar-refractivity contribution < 1.29 is 22.4 Å². The van der Waals surface area contributed by atoms with Crippen molar-refractivity contribution in [3.8, 4) is 0 Å². The molecule has 3 heterocycles. The minimum absolute atomic E-state index is 0.190. The molecule has 2 aliphatic heterocycles. The molecular formula is C25H21F4N3O2. The molecule has 1 saturated heterocycles. The molecule has 0 unspecified atom stereocenters. The first-order valence-corrected chi connectivity index (χ1v) is 11.0. The number of fused-ring (bicyclic) bond motifs is 2. The summed E-state index contributed by atoms with van der Waals surface area (Å²) in [5, 5.41) is 4.32. The van der Waals surface area contributed by atoms with E-state index in [9.17, 15) is 27.2 Å². The van der Waals surface area contributed by atoms with Gasteiger partial charge in [0, 0.05) is 18.0 Å². The number of aromatic nitrogens is 2. The molecule has 0 bridgehead atoms. The van der Waals surface area contributed by atoms with Gasteiger partial charge in [-0.25, -0.2) is 4.39 Å². The lowest BCUT2D eigenvalue weighted by atomic mass is 9.79. The summed E-state index contributed by atoms with van der Waals surface area (Å²) in [4.78, 5) is 27.3. The molecule has 3 aromatic rings. The molecule has 5 nitrogen and oxygen atoms in total. The third-order valence-corrected chi connectivity index (χ3v) is 6.86. The molecule has 0 spiro atoms. The Morgan fingerprint density at radius 1 is 1.00 bits per heavy atom. The van der Waals surface area contributed by atoms with Crippen LogP contribution in [-0.4, -0.2) is 33.2 Å². The summed E-state index contributed by atoms with van der Waals surface area (Å²) in [7, 11) is 0. The van der Waals surface area contributed by atoms with Gasteiger partial charge in [0.25, 0.3) is 5.91 Å². The lowest BCUT2D eigenvalue weighted by Gasteiger charge is -2.43. The molecule has 5 rings (SSSR count). The zero-order valence-corrected chi connectivity index (χ0v) is 18.2. The Kier molecular flexibility index (Phi) is 5.30. The van der Waals surface area contributed by atoms with Gasteiger partial charge in [0.1, 0.15) is 11.5 Å². The van der Waals surface area contributed by atoms with E-state index in [1.165, 1.54) is 24.3 Å². The second-order valence-electron chi connectivity index (χ2n) is 8.77. The Morgan fingerprint density at radius 2 is 1.62 bits per heavy atom. The number of hydrogen-bond donors (Lipinski definition) is 0. The fourth-order valence-electron chi connectivity index (χ4n) is 5.24. The fraction of sp³-hybridized carbons (Fsp3) is 0.320. The number of hydrogen-bond acceptors (Lipinski definition) is 3. The van der Waals surface area contributed by atoms with Gasteiger partial charge in [0.15, 0.2) is 0 Å². The standard InChI is InChI=1S/C25H21F4N3O2/c1-14-20(33)13-30-32-22(14)24(34)31-12-2-3-19(31)23(32)21(16-6-10-18(26)11-7-16)15-4-8-17(9-5-15)25(27,28)29/h4-11,13,19,21,23H,2-3,12H2,1H3/t19-,21+,23-/m1/s1. The molecule has 176 valence electrons. The van der Waals surface area contributed by atoms with Crippen LogP contribution in [0, 0.1) is 12.7 Å². The monoisotopic (exact) mass is 471 g/mol. The van der Waals surface area contributed by atoms with Crippen LogP contribution in [0.3, 0.4) is 0 Å². The molecule has 34 heavy (non-hydrogen) atoms. The maximum atomic E-state index is 13.8. The highest BCUT2D eigenvalue weighted by Gasteiger charge is 2.47. The molecule has 1 aromatic heterocycles. The first-order valence-electron chi connectivity index (χ1n) is 11.0. The van der Waals surface area contributed by atoms with Crippen molar-refractivity contribution >= 4 is 5.91 Å². The summed E-state index contributed by atoms with van der Waals surface area (Å²) in [5.74, 6) is -1.24. The Balaban J connectivity index is 1.73. The van der Waals surface area contributed by atoms with Crippen molar-refractivity contribution in [2.75, 3.05) is 6.54 Å². The normalized spacial score (nSPS) is 20.7. The average molecular weight is 471 g/mol. The van der Waals surface area contributed by atoms with Crippen LogP contribution < -0.4 is 5.43 Å². The van der Waals surface area contributed by atoms with Gasteiger partial charge in [0.2, 0.25) is 5.43 Å². The first kappa shape index (κ1) is 22.3. The van der Waals surface area contributed by atoms with Gasteiger partial charge in [-0.15, -0.1) is 0 Å². The summed E-state index contributed by atoms with van der Waals surface area (Å²) >= 11 is 0. The zero-order valence-electron chi connectivity index (χ0n) is 18.2. The number of carbonyl (C=O) groups is 1. The molecule has 0 radical (unpaired) electrons. The van der Waals surface area contributed by atoms with Crippen molar-refractivity contribution in [2.45, 2.75) is 43.9 Å². The molecular weight excluding hydrogens is 450 g/mol. The van der Waals surface area contributed by atoms with Crippen molar-refractivity contribution in [1.82, 2.24) is 14.7 Å². The van der Waals surface area contributed by atoms with Crippen molar-refractivity contribution in [1.29, 1.82) is 0 Å². The molecule has 1 amide bonds. The van der Waals surface area contributed by atoms with Crippen LogP contribution >= 0.6 is 0 Å². The number of alkyl halides is 3. The van der Waals surface area contributed by atoms with Gasteiger partial charge in [-0.2, -0.15) is 18.3 Å². The van der Waals surface area contributed by atoms with Crippen LogP contribution in [0.15, 0.2) is 59.5 Å². The van der Waals surface area contributed by atoms with E-state index in [4.69, 9.17) is 0 Å². The molecule has 2 aliphatic rings. The predicted octanol–water partition coefficient (Wildman–Crippen LogP) is 4.70. The molecule has 0 aliphatic carbocycles. The topological polar surface area (TPSA) is 55.2 Å². The Bertz CT molecular complexity index is 1300. The van der Waals surface area contributed by atoms with Gasteiger partial charge >= 0.3 is 6.18 Å². The molecule has 3 atom stereocenters. The largest absolute Gasteiger partial charge is 0.416 e. The van der Waals surface area contributed by atoms with E-state index in [-0.39, 0.29) is 28.6 Å². The Morgan fingerprint density at radius 3 is 2.24 bits per heavy atom. The number of benzene rings is 2. The van der Waals surface area contributed by atoms with E-state index in [1.54, 1.807) is 28.6 Å². The van der Waals surface area contributed by atoms with Crippen LogP contribution in [0.1, 0.15) is 57.5 Å². The van der Waals surface area contributed by atoms with E-state index in [0.717, 1.165) is 24.8 Å². The SMILES string of the molecule is Cc1c2n(ncc1=O)[C@@H]([C@H](c1ccc(F)cc1)c1ccc(C(F)(F)F)cc1)[C@H]1CCCN1C2=O. The van der Waals surface area contributed by atoms with Crippen LogP contribution in [-0.2, 0) is 6.18 Å². The van der Waals surface area contributed by atoms with Gasteiger partial charge in [0.05, 0.1) is 23.8 Å². The highest BCUT2D eigenvalue weighted by Crippen LogP contribution is 2.45. The van der Waals surface area contributed by atoms with Crippen LogP contribution in [0.4, 0.5) is 17.6 Å². The maximum absolute atomic E-state index is 13.8. The maximum Gasteiger partial charge on any atom is 0.416 e. The van der Waals surface area contributed by atoms with Gasteiger partial charge in [-0.05, 0) is 55.2 Å². The van der Waals surface area contributed by atoms with Gasteiger partial charge in [-0.3, -0.25) is 14.3 Å². The minimum Gasteiger partial charge on any atom is -0.332 e. The summed E-state index contributed by atoms with van der Waals surface area (Å²) in [6.45, 7) is 2.10. The smallest absolute Gasteiger partial charge is 0.332 e. The van der Waals surface area contributed by atoms with E-state index in [0.29, 0.717) is 24.1 Å². The molecule has 9 heteroatoms. The van der Waals surface area contributed by atoms with Crippen molar-refractivity contribution in [3.05, 3.63) is 98.7 Å². The van der Waals surface area contributed by atoms with Crippen LogP contribution in [0.5, 0.6) is 0 Å². The number of nitrogens with zero attached hydrogens (tertiary/aromatic N) is 3. The number of carbonyl (C=O) groups excluding carboxylic acids is 1. The van der Waals surface area contributed by atoms with E-state index in [2.05, 4.69) is 5.10 Å². The van der Waals surface area contributed by atoms with Crippen molar-refractivity contribution in [3.63, 3.8) is 0 Å². The number of halogens is 4. The summed E-state index contributed by atoms with van der Waals surface area (Å²) in [5.41, 5.74) is 0.596. The summed E-state index contributed by atoms with van der Waals surface area (Å²) in [6, 6.07) is 9.93. The van der Waals surface area contributed by atoms with E-state index >= 15 is 0 Å². The molecule has 1 fully saturated rings. The lowest BCUT2D eigenvalue weighted by molar-refractivity contribution is -0.137.